The lowest BCUT2D eigenvalue weighted by atomic mass is 10.1. The fourth-order valence-electron chi connectivity index (χ4n) is 2.41. The van der Waals surface area contributed by atoms with Gasteiger partial charge in [-0.05, 0) is 36.8 Å². The molecular weight excluding hydrogens is 344 g/mol. The number of hydrogen-bond donors (Lipinski definition) is 2. The third kappa shape index (κ3) is 4.90. The number of nitrogens with one attached hydrogen (secondary N) is 2. The van der Waals surface area contributed by atoms with E-state index in [-0.39, 0.29) is 30.4 Å². The maximum Gasteiger partial charge on any atom is 0.238 e. The van der Waals surface area contributed by atoms with Gasteiger partial charge < -0.3 is 10.1 Å². The molecule has 1 aliphatic rings. The maximum atomic E-state index is 12.1. The van der Waals surface area contributed by atoms with Crippen molar-refractivity contribution in [3.63, 3.8) is 0 Å². The number of para-hydroxylation sites is 1. The highest BCUT2D eigenvalue weighted by atomic mass is 35.5. The molecule has 2 aromatic rings. The summed E-state index contributed by atoms with van der Waals surface area (Å²) in [6.45, 7) is 1.99. The van der Waals surface area contributed by atoms with Gasteiger partial charge in [0.1, 0.15) is 11.5 Å². The Morgan fingerprint density at radius 2 is 1.83 bits per heavy atom. The van der Waals surface area contributed by atoms with Crippen molar-refractivity contribution in [2.45, 2.75) is 19.0 Å². The molecule has 2 unspecified atom stereocenters. The van der Waals surface area contributed by atoms with Crippen LogP contribution in [0.3, 0.4) is 0 Å². The summed E-state index contributed by atoms with van der Waals surface area (Å²) in [5.41, 5.74) is 1.06. The van der Waals surface area contributed by atoms with E-state index in [9.17, 15) is 4.79 Å². The van der Waals surface area contributed by atoms with Crippen molar-refractivity contribution in [3.8, 4) is 11.5 Å². The average molecular weight is 365 g/mol. The predicted molar refractivity (Wildman–Crippen MR) is 101 cm³/mol. The number of carbonyl (C=O) groups is 1. The second kappa shape index (κ2) is 8.97. The number of hydrogen-bond acceptors (Lipinski definition) is 4. The quantitative estimate of drug-likeness (QED) is 0.848. The van der Waals surface area contributed by atoms with Crippen LogP contribution in [0, 0.1) is 0 Å². The number of thioether (sulfide) groups is 1. The number of ether oxygens (including phenoxy) is 1. The lowest BCUT2D eigenvalue weighted by Gasteiger charge is -2.17. The Hall–Kier alpha value is -1.69. The van der Waals surface area contributed by atoms with Gasteiger partial charge in [-0.1, -0.05) is 30.3 Å². The third-order valence-electron chi connectivity index (χ3n) is 3.75. The Bertz CT molecular complexity index is 646. The second-order valence-electron chi connectivity index (χ2n) is 5.49. The molecule has 1 aliphatic heterocycles. The second-order valence-corrected chi connectivity index (χ2v) is 6.52. The fourth-order valence-corrected chi connectivity index (χ4v) is 3.35. The smallest absolute Gasteiger partial charge is 0.238 e. The Morgan fingerprint density at radius 3 is 2.46 bits per heavy atom. The van der Waals surface area contributed by atoms with E-state index in [4.69, 9.17) is 4.74 Å². The minimum atomic E-state index is -0.0804. The van der Waals surface area contributed by atoms with Crippen molar-refractivity contribution in [2.75, 3.05) is 11.6 Å². The zero-order chi connectivity index (χ0) is 16.1. The number of carbonyl (C=O) groups excluding carboxylic acids is 1. The van der Waals surface area contributed by atoms with Crippen LogP contribution in [-0.4, -0.2) is 23.6 Å². The van der Waals surface area contributed by atoms with Gasteiger partial charge in [-0.15, -0.1) is 24.2 Å². The van der Waals surface area contributed by atoms with E-state index < -0.39 is 0 Å². The molecule has 1 amide bonds. The molecule has 1 saturated heterocycles. The van der Waals surface area contributed by atoms with E-state index in [1.807, 2.05) is 61.5 Å². The largest absolute Gasteiger partial charge is 0.457 e. The topological polar surface area (TPSA) is 50.4 Å². The van der Waals surface area contributed by atoms with E-state index in [1.165, 1.54) is 0 Å². The molecule has 2 N–H and O–H groups in total. The number of halogens is 1. The Balaban J connectivity index is 0.00000208. The first kappa shape index (κ1) is 18.6. The highest BCUT2D eigenvalue weighted by molar-refractivity contribution is 7.99. The molecule has 24 heavy (non-hydrogen) atoms. The van der Waals surface area contributed by atoms with Gasteiger partial charge in [0.2, 0.25) is 5.91 Å². The van der Waals surface area contributed by atoms with Crippen molar-refractivity contribution in [3.05, 3.63) is 60.2 Å². The summed E-state index contributed by atoms with van der Waals surface area (Å²) < 4.78 is 5.78. The molecule has 4 nitrogen and oxygen atoms in total. The lowest BCUT2D eigenvalue weighted by Crippen LogP contribution is -2.42. The van der Waals surface area contributed by atoms with Gasteiger partial charge in [-0.3, -0.25) is 10.1 Å². The van der Waals surface area contributed by atoms with Crippen LogP contribution in [0.2, 0.25) is 0 Å². The summed E-state index contributed by atoms with van der Waals surface area (Å²) in [7, 11) is 0. The Labute approximate surface area is 152 Å². The van der Waals surface area contributed by atoms with Crippen LogP contribution in [0.4, 0.5) is 0 Å². The van der Waals surface area contributed by atoms with Gasteiger partial charge >= 0.3 is 0 Å². The van der Waals surface area contributed by atoms with Gasteiger partial charge in [0.15, 0.2) is 0 Å². The first-order chi connectivity index (χ1) is 11.2. The monoisotopic (exact) mass is 364 g/mol. The molecule has 0 saturated carbocycles. The molecule has 2 atom stereocenters. The summed E-state index contributed by atoms with van der Waals surface area (Å²) >= 11 is 1.75. The molecule has 3 rings (SSSR count). The first-order valence-corrected chi connectivity index (χ1v) is 8.82. The molecule has 0 bridgehead atoms. The van der Waals surface area contributed by atoms with Crippen molar-refractivity contribution in [1.29, 1.82) is 0 Å². The minimum absolute atomic E-state index is 0. The normalized spacial score (nSPS) is 17.6. The van der Waals surface area contributed by atoms with E-state index >= 15 is 0 Å². The van der Waals surface area contributed by atoms with E-state index in [1.54, 1.807) is 11.8 Å². The molecule has 0 aromatic heterocycles. The van der Waals surface area contributed by atoms with E-state index in [2.05, 4.69) is 10.6 Å². The molecule has 0 spiro atoms. The zero-order valence-electron chi connectivity index (χ0n) is 13.4. The molecule has 1 heterocycles. The zero-order valence-corrected chi connectivity index (χ0v) is 15.0. The van der Waals surface area contributed by atoms with Gasteiger partial charge in [0.05, 0.1) is 12.1 Å². The third-order valence-corrected chi connectivity index (χ3v) is 4.69. The standard InChI is InChI=1S/C18H20N2O2S.ClH/c1-13(20-18(21)17-11-23-12-19-17)14-7-9-16(10-8-14)22-15-5-3-2-4-6-15;/h2-10,13,17,19H,11-12H2,1H3,(H,20,21);1H. The highest BCUT2D eigenvalue weighted by Crippen LogP contribution is 2.23. The van der Waals surface area contributed by atoms with Crippen LogP contribution in [0.15, 0.2) is 54.6 Å². The van der Waals surface area contributed by atoms with Crippen LogP contribution in [0.1, 0.15) is 18.5 Å². The summed E-state index contributed by atoms with van der Waals surface area (Å²) in [4.78, 5) is 12.1. The summed E-state index contributed by atoms with van der Waals surface area (Å²) in [6, 6.07) is 17.4. The number of rotatable bonds is 5. The fraction of sp³-hybridized carbons (Fsp3) is 0.278. The van der Waals surface area contributed by atoms with Gasteiger partial charge in [-0.2, -0.15) is 0 Å². The van der Waals surface area contributed by atoms with Crippen molar-refractivity contribution < 1.29 is 9.53 Å². The Morgan fingerprint density at radius 1 is 1.17 bits per heavy atom. The maximum absolute atomic E-state index is 12.1. The first-order valence-electron chi connectivity index (χ1n) is 7.67. The molecule has 2 aromatic carbocycles. The van der Waals surface area contributed by atoms with Crippen LogP contribution < -0.4 is 15.4 Å². The molecule has 128 valence electrons. The average Bonchev–Trinajstić information content (AvgIpc) is 3.11. The summed E-state index contributed by atoms with van der Waals surface area (Å²) in [6.07, 6.45) is 0. The van der Waals surface area contributed by atoms with Gasteiger partial charge in [-0.25, -0.2) is 0 Å². The SMILES string of the molecule is CC(NC(=O)C1CSCN1)c1ccc(Oc2ccccc2)cc1.Cl. The molecule has 1 fully saturated rings. The van der Waals surface area contributed by atoms with Crippen LogP contribution >= 0.6 is 24.2 Å². The minimum Gasteiger partial charge on any atom is -0.457 e. The van der Waals surface area contributed by atoms with Crippen molar-refractivity contribution in [2.24, 2.45) is 0 Å². The number of amides is 1. The van der Waals surface area contributed by atoms with Crippen molar-refractivity contribution in [1.82, 2.24) is 10.6 Å². The number of benzene rings is 2. The summed E-state index contributed by atoms with van der Waals surface area (Å²) in [5, 5.41) is 6.23. The summed E-state index contributed by atoms with van der Waals surface area (Å²) in [5.74, 6) is 3.34. The lowest BCUT2D eigenvalue weighted by molar-refractivity contribution is -0.123. The van der Waals surface area contributed by atoms with Crippen LogP contribution in [0.5, 0.6) is 11.5 Å². The molecule has 0 aliphatic carbocycles. The molecule has 6 heteroatoms. The molecular formula is C18H21ClN2O2S. The van der Waals surface area contributed by atoms with E-state index in [0.717, 1.165) is 28.7 Å². The van der Waals surface area contributed by atoms with Crippen LogP contribution in [0.25, 0.3) is 0 Å². The highest BCUT2D eigenvalue weighted by Gasteiger charge is 2.23. The molecule has 0 radical (unpaired) electrons. The van der Waals surface area contributed by atoms with Gasteiger partial charge in [0.25, 0.3) is 0 Å². The Kier molecular flexibility index (Phi) is 6.97. The predicted octanol–water partition coefficient (Wildman–Crippen LogP) is 3.74. The van der Waals surface area contributed by atoms with E-state index in [0.29, 0.717) is 0 Å². The van der Waals surface area contributed by atoms with Crippen molar-refractivity contribution >= 4 is 30.1 Å². The van der Waals surface area contributed by atoms with Crippen LogP contribution in [-0.2, 0) is 4.79 Å². The van der Waals surface area contributed by atoms with Gasteiger partial charge in [0, 0.05) is 11.6 Å².